The Morgan fingerprint density at radius 1 is 1.29 bits per heavy atom. The van der Waals surface area contributed by atoms with Crippen LogP contribution in [0.25, 0.3) is 0 Å². The van der Waals surface area contributed by atoms with Crippen molar-refractivity contribution < 1.29 is 5.11 Å². The van der Waals surface area contributed by atoms with Crippen molar-refractivity contribution in [1.82, 2.24) is 0 Å². The number of aliphatic hydroxyl groups excluding tert-OH is 1. The summed E-state index contributed by atoms with van der Waals surface area (Å²) in [7, 11) is 0. The van der Waals surface area contributed by atoms with Gasteiger partial charge in [-0.25, -0.2) is 0 Å². The molecule has 2 rings (SSSR count). The van der Waals surface area contributed by atoms with Gasteiger partial charge in [-0.05, 0) is 18.4 Å². The van der Waals surface area contributed by atoms with Crippen LogP contribution in [0, 0.1) is 0 Å². The van der Waals surface area contributed by atoms with Gasteiger partial charge in [-0.3, -0.25) is 0 Å². The molecule has 0 unspecified atom stereocenters. The molecule has 0 fully saturated rings. The first-order valence-electron chi connectivity index (χ1n) is 5.14. The SMILES string of the molecule is C[C@@]1(c2ccccc2)CCC=C[C@@H]1O. The van der Waals surface area contributed by atoms with E-state index >= 15 is 0 Å². The Bertz CT molecular complexity index is 328. The van der Waals surface area contributed by atoms with Crippen molar-refractivity contribution in [1.29, 1.82) is 0 Å². The zero-order valence-corrected chi connectivity index (χ0v) is 8.48. The fraction of sp³-hybridized carbons (Fsp3) is 0.385. The van der Waals surface area contributed by atoms with Crippen LogP contribution in [0.15, 0.2) is 42.5 Å². The van der Waals surface area contributed by atoms with Crippen molar-refractivity contribution in [2.75, 3.05) is 0 Å². The number of aliphatic hydroxyl groups is 1. The van der Waals surface area contributed by atoms with E-state index < -0.39 is 0 Å². The quantitative estimate of drug-likeness (QED) is 0.672. The lowest BCUT2D eigenvalue weighted by Crippen LogP contribution is -2.37. The molecule has 0 saturated carbocycles. The van der Waals surface area contributed by atoms with Crippen molar-refractivity contribution in [3.63, 3.8) is 0 Å². The summed E-state index contributed by atoms with van der Waals surface area (Å²) in [6.45, 7) is 2.14. The number of hydrogen-bond donors (Lipinski definition) is 1. The van der Waals surface area contributed by atoms with Crippen LogP contribution in [-0.2, 0) is 5.41 Å². The van der Waals surface area contributed by atoms with Gasteiger partial charge >= 0.3 is 0 Å². The minimum absolute atomic E-state index is 0.101. The Kier molecular flexibility index (Phi) is 2.42. The molecular formula is C13H16O. The fourth-order valence-electron chi connectivity index (χ4n) is 2.10. The van der Waals surface area contributed by atoms with Gasteiger partial charge in [0.05, 0.1) is 6.10 Å². The van der Waals surface area contributed by atoms with Crippen LogP contribution in [0.2, 0.25) is 0 Å². The van der Waals surface area contributed by atoms with E-state index in [-0.39, 0.29) is 11.5 Å². The molecule has 1 heteroatoms. The zero-order valence-electron chi connectivity index (χ0n) is 8.48. The van der Waals surface area contributed by atoms with Gasteiger partial charge in [0.1, 0.15) is 0 Å². The summed E-state index contributed by atoms with van der Waals surface area (Å²) in [5.74, 6) is 0. The lowest BCUT2D eigenvalue weighted by molar-refractivity contribution is 0.120. The Balaban J connectivity index is 2.37. The van der Waals surface area contributed by atoms with Gasteiger partial charge < -0.3 is 5.11 Å². The Morgan fingerprint density at radius 2 is 2.00 bits per heavy atom. The summed E-state index contributed by atoms with van der Waals surface area (Å²) < 4.78 is 0. The maximum Gasteiger partial charge on any atom is 0.0814 e. The van der Waals surface area contributed by atoms with Crippen LogP contribution >= 0.6 is 0 Å². The summed E-state index contributed by atoms with van der Waals surface area (Å²) in [6.07, 6.45) is 5.71. The summed E-state index contributed by atoms with van der Waals surface area (Å²) in [4.78, 5) is 0. The number of hydrogen-bond acceptors (Lipinski definition) is 1. The second kappa shape index (κ2) is 3.58. The largest absolute Gasteiger partial charge is 0.388 e. The highest BCUT2D eigenvalue weighted by Gasteiger charge is 2.34. The van der Waals surface area contributed by atoms with Crippen molar-refractivity contribution in [2.45, 2.75) is 31.3 Å². The molecule has 0 amide bonds. The first-order chi connectivity index (χ1) is 6.73. The number of allylic oxidation sites excluding steroid dienone is 1. The average Bonchev–Trinajstić information content (AvgIpc) is 2.24. The molecule has 0 radical (unpaired) electrons. The fourth-order valence-corrected chi connectivity index (χ4v) is 2.10. The monoisotopic (exact) mass is 188 g/mol. The van der Waals surface area contributed by atoms with E-state index in [0.717, 1.165) is 12.8 Å². The Hall–Kier alpha value is -1.08. The molecule has 0 saturated heterocycles. The van der Waals surface area contributed by atoms with Crippen LogP contribution in [0.3, 0.4) is 0 Å². The smallest absolute Gasteiger partial charge is 0.0814 e. The van der Waals surface area contributed by atoms with E-state index in [2.05, 4.69) is 25.1 Å². The maximum absolute atomic E-state index is 9.99. The topological polar surface area (TPSA) is 20.2 Å². The van der Waals surface area contributed by atoms with Crippen LogP contribution in [0.1, 0.15) is 25.3 Å². The summed E-state index contributed by atoms with van der Waals surface area (Å²) in [5.41, 5.74) is 1.13. The van der Waals surface area contributed by atoms with Gasteiger partial charge in [-0.1, -0.05) is 49.4 Å². The Labute approximate surface area is 85.1 Å². The molecule has 1 nitrogen and oxygen atoms in total. The van der Waals surface area contributed by atoms with Gasteiger partial charge in [0.15, 0.2) is 0 Å². The second-order valence-electron chi connectivity index (χ2n) is 4.20. The summed E-state index contributed by atoms with van der Waals surface area (Å²) in [5, 5.41) is 9.99. The molecule has 1 aliphatic rings. The van der Waals surface area contributed by atoms with Gasteiger partial charge in [-0.15, -0.1) is 0 Å². The first kappa shape index (κ1) is 9.47. The van der Waals surface area contributed by atoms with E-state index in [4.69, 9.17) is 0 Å². The zero-order chi connectivity index (χ0) is 10.0. The van der Waals surface area contributed by atoms with Gasteiger partial charge in [0, 0.05) is 5.41 Å². The second-order valence-corrected chi connectivity index (χ2v) is 4.20. The molecule has 0 bridgehead atoms. The third-order valence-corrected chi connectivity index (χ3v) is 3.23. The van der Waals surface area contributed by atoms with Crippen LogP contribution in [-0.4, -0.2) is 11.2 Å². The third-order valence-electron chi connectivity index (χ3n) is 3.23. The summed E-state index contributed by atoms with van der Waals surface area (Å²) >= 11 is 0. The minimum atomic E-state index is -0.348. The molecule has 1 aliphatic carbocycles. The number of rotatable bonds is 1. The van der Waals surface area contributed by atoms with Gasteiger partial charge in [-0.2, -0.15) is 0 Å². The molecule has 74 valence electrons. The maximum atomic E-state index is 9.99. The lowest BCUT2D eigenvalue weighted by Gasteiger charge is -2.36. The van der Waals surface area contributed by atoms with Crippen LogP contribution < -0.4 is 0 Å². The molecule has 1 aromatic rings. The molecule has 0 heterocycles. The third kappa shape index (κ3) is 1.48. The number of benzene rings is 1. The highest BCUT2D eigenvalue weighted by molar-refractivity contribution is 5.29. The molecule has 0 aromatic heterocycles. The average molecular weight is 188 g/mol. The predicted octanol–water partition coefficient (Wildman–Crippen LogP) is 2.66. The van der Waals surface area contributed by atoms with Crippen LogP contribution in [0.4, 0.5) is 0 Å². The molecular weight excluding hydrogens is 172 g/mol. The van der Waals surface area contributed by atoms with E-state index in [1.807, 2.05) is 24.3 Å². The van der Waals surface area contributed by atoms with Crippen molar-refractivity contribution in [3.8, 4) is 0 Å². The first-order valence-corrected chi connectivity index (χ1v) is 5.14. The van der Waals surface area contributed by atoms with Crippen molar-refractivity contribution in [3.05, 3.63) is 48.0 Å². The minimum Gasteiger partial charge on any atom is -0.388 e. The highest BCUT2D eigenvalue weighted by Crippen LogP contribution is 2.35. The molecule has 0 spiro atoms. The van der Waals surface area contributed by atoms with E-state index in [0.29, 0.717) is 0 Å². The molecule has 14 heavy (non-hydrogen) atoms. The predicted molar refractivity (Wildman–Crippen MR) is 58.2 cm³/mol. The van der Waals surface area contributed by atoms with E-state index in [1.165, 1.54) is 5.56 Å². The molecule has 0 aliphatic heterocycles. The van der Waals surface area contributed by atoms with Gasteiger partial charge in [0.25, 0.3) is 0 Å². The van der Waals surface area contributed by atoms with E-state index in [9.17, 15) is 5.11 Å². The van der Waals surface area contributed by atoms with Crippen molar-refractivity contribution in [2.24, 2.45) is 0 Å². The molecule has 1 aromatic carbocycles. The van der Waals surface area contributed by atoms with Gasteiger partial charge in [0.2, 0.25) is 0 Å². The van der Waals surface area contributed by atoms with Crippen molar-refractivity contribution >= 4 is 0 Å². The Morgan fingerprint density at radius 3 is 2.64 bits per heavy atom. The highest BCUT2D eigenvalue weighted by atomic mass is 16.3. The van der Waals surface area contributed by atoms with Crippen LogP contribution in [0.5, 0.6) is 0 Å². The summed E-state index contributed by atoms with van der Waals surface area (Å²) in [6, 6.07) is 10.3. The lowest BCUT2D eigenvalue weighted by atomic mass is 9.71. The molecule has 2 atom stereocenters. The van der Waals surface area contributed by atoms with E-state index in [1.54, 1.807) is 0 Å². The standard InChI is InChI=1S/C13H16O/c1-13(10-6-5-9-12(13)14)11-7-3-2-4-8-11/h2-5,7-9,12,14H,6,10H2,1H3/t12-,13-/m0/s1. The normalized spacial score (nSPS) is 31.7. The molecule has 1 N–H and O–H groups in total.